The summed E-state index contributed by atoms with van der Waals surface area (Å²) in [6.45, 7) is 5.63. The van der Waals surface area contributed by atoms with E-state index in [1.165, 1.54) is 0 Å². The lowest BCUT2D eigenvalue weighted by molar-refractivity contribution is -0.160. The van der Waals surface area contributed by atoms with Gasteiger partial charge in [0.2, 0.25) is 0 Å². The Balaban J connectivity index is 1.43. The molecule has 3 rings (SSSR count). The Morgan fingerprint density at radius 1 is 1.03 bits per heavy atom. The topological polar surface area (TPSA) is 76.2 Å². The molecule has 1 aromatic carbocycles. The molecule has 1 aromatic rings. The van der Waals surface area contributed by atoms with Crippen LogP contribution in [-0.4, -0.2) is 72.6 Å². The first-order valence-corrected chi connectivity index (χ1v) is 10.8. The molecular weight excluding hydrogens is 440 g/mol. The van der Waals surface area contributed by atoms with E-state index in [2.05, 4.69) is 15.9 Å². The summed E-state index contributed by atoms with van der Waals surface area (Å²) in [4.78, 5) is 40.7. The van der Waals surface area contributed by atoms with Crippen molar-refractivity contribution in [2.24, 2.45) is 5.92 Å². The van der Waals surface area contributed by atoms with E-state index in [0.717, 1.165) is 4.47 Å². The molecule has 7 nitrogen and oxygen atoms in total. The maximum atomic E-state index is 12.6. The number of carbonyl (C=O) groups excluding carboxylic acids is 3. The Morgan fingerprint density at radius 2 is 1.62 bits per heavy atom. The molecule has 0 radical (unpaired) electrons. The number of hydrogen-bond donors (Lipinski definition) is 0. The van der Waals surface area contributed by atoms with Gasteiger partial charge in [0.15, 0.2) is 6.61 Å². The van der Waals surface area contributed by atoms with Crippen LogP contribution in [0.3, 0.4) is 0 Å². The molecule has 2 fully saturated rings. The first kappa shape index (κ1) is 21.8. The van der Waals surface area contributed by atoms with Gasteiger partial charge in [-0.1, -0.05) is 15.9 Å². The van der Waals surface area contributed by atoms with Crippen LogP contribution >= 0.6 is 15.9 Å². The van der Waals surface area contributed by atoms with E-state index in [1.54, 1.807) is 21.9 Å². The summed E-state index contributed by atoms with van der Waals surface area (Å²) >= 11 is 3.36. The predicted molar refractivity (Wildman–Crippen MR) is 110 cm³/mol. The lowest BCUT2D eigenvalue weighted by Crippen LogP contribution is -2.49. The monoisotopic (exact) mass is 466 g/mol. The average molecular weight is 467 g/mol. The molecular formula is C21H27BrN2O5. The molecule has 2 aliphatic rings. The molecule has 0 N–H and O–H groups in total. The van der Waals surface area contributed by atoms with E-state index >= 15 is 0 Å². The van der Waals surface area contributed by atoms with Crippen molar-refractivity contribution in [3.8, 4) is 0 Å². The summed E-state index contributed by atoms with van der Waals surface area (Å²) in [5.41, 5.74) is 0.633. The van der Waals surface area contributed by atoms with Crippen LogP contribution in [0.25, 0.3) is 0 Å². The molecule has 2 saturated heterocycles. The molecule has 2 heterocycles. The fraction of sp³-hybridized carbons (Fsp3) is 0.571. The number of likely N-dealkylation sites (tertiary alicyclic amines) is 1. The van der Waals surface area contributed by atoms with E-state index in [0.29, 0.717) is 44.6 Å². The lowest BCUT2D eigenvalue weighted by atomic mass is 9.96. The first-order chi connectivity index (χ1) is 13.8. The number of morpholine rings is 1. The molecule has 2 atom stereocenters. The van der Waals surface area contributed by atoms with Crippen LogP contribution < -0.4 is 0 Å². The molecule has 0 bridgehead atoms. The molecule has 29 heavy (non-hydrogen) atoms. The summed E-state index contributed by atoms with van der Waals surface area (Å²) in [6.07, 6.45) is 1.04. The summed E-state index contributed by atoms with van der Waals surface area (Å²) in [5, 5.41) is 0. The maximum Gasteiger partial charge on any atom is 0.309 e. The minimum Gasteiger partial charge on any atom is -0.455 e. The SMILES string of the molecule is C[C@@H]1CN(C(=O)COC(=O)C2CCN(C(=O)c3ccc(Br)cc3)CC2)C[C@@H](C)O1. The number of hydrogen-bond acceptors (Lipinski definition) is 5. The van der Waals surface area contributed by atoms with E-state index < -0.39 is 0 Å². The van der Waals surface area contributed by atoms with Crippen molar-refractivity contribution in [3.63, 3.8) is 0 Å². The van der Waals surface area contributed by atoms with Gasteiger partial charge in [0, 0.05) is 36.2 Å². The minimum atomic E-state index is -0.358. The second kappa shape index (κ2) is 9.71. The normalized spacial score (nSPS) is 23.0. The highest BCUT2D eigenvalue weighted by Gasteiger charge is 2.30. The fourth-order valence-corrected chi connectivity index (χ4v) is 4.08. The van der Waals surface area contributed by atoms with Crippen LogP contribution in [-0.2, 0) is 19.1 Å². The van der Waals surface area contributed by atoms with Crippen LogP contribution in [0.15, 0.2) is 28.7 Å². The Kier molecular flexibility index (Phi) is 7.29. The van der Waals surface area contributed by atoms with Crippen LogP contribution in [0.1, 0.15) is 37.0 Å². The largest absolute Gasteiger partial charge is 0.455 e. The average Bonchev–Trinajstić information content (AvgIpc) is 2.71. The van der Waals surface area contributed by atoms with Gasteiger partial charge in [-0.2, -0.15) is 0 Å². The number of ether oxygens (including phenoxy) is 2. The third-order valence-corrected chi connectivity index (χ3v) is 5.85. The number of amides is 2. The van der Waals surface area contributed by atoms with Gasteiger partial charge >= 0.3 is 5.97 Å². The highest BCUT2D eigenvalue weighted by Crippen LogP contribution is 2.21. The molecule has 2 amide bonds. The van der Waals surface area contributed by atoms with Crippen molar-refractivity contribution in [2.45, 2.75) is 38.9 Å². The predicted octanol–water partition coefficient (Wildman–Crippen LogP) is 2.48. The molecule has 0 spiro atoms. The van der Waals surface area contributed by atoms with Gasteiger partial charge in [0.25, 0.3) is 11.8 Å². The van der Waals surface area contributed by atoms with Crippen molar-refractivity contribution < 1.29 is 23.9 Å². The number of rotatable bonds is 4. The minimum absolute atomic E-state index is 0.0222. The van der Waals surface area contributed by atoms with Gasteiger partial charge in [0.1, 0.15) is 0 Å². The van der Waals surface area contributed by atoms with Crippen molar-refractivity contribution in [2.75, 3.05) is 32.8 Å². The van der Waals surface area contributed by atoms with E-state index in [-0.39, 0.29) is 42.5 Å². The van der Waals surface area contributed by atoms with Gasteiger partial charge in [-0.25, -0.2) is 0 Å². The molecule has 0 unspecified atom stereocenters. The first-order valence-electron chi connectivity index (χ1n) is 9.98. The number of nitrogens with zero attached hydrogens (tertiary/aromatic N) is 2. The van der Waals surface area contributed by atoms with Gasteiger partial charge in [0.05, 0.1) is 18.1 Å². The van der Waals surface area contributed by atoms with Crippen LogP contribution in [0, 0.1) is 5.92 Å². The van der Waals surface area contributed by atoms with E-state index in [1.807, 2.05) is 26.0 Å². The van der Waals surface area contributed by atoms with Crippen molar-refractivity contribution in [1.82, 2.24) is 9.80 Å². The number of piperidine rings is 1. The van der Waals surface area contributed by atoms with Gasteiger partial charge in [-0.05, 0) is 51.0 Å². The molecule has 0 aromatic heterocycles. The summed E-state index contributed by atoms with van der Waals surface area (Å²) in [6, 6.07) is 7.24. The number of benzene rings is 1. The number of halogens is 1. The number of esters is 1. The third-order valence-electron chi connectivity index (χ3n) is 5.32. The molecule has 158 valence electrons. The Labute approximate surface area is 179 Å². The van der Waals surface area contributed by atoms with Gasteiger partial charge in [-0.3, -0.25) is 14.4 Å². The number of carbonyl (C=O) groups is 3. The van der Waals surface area contributed by atoms with Crippen LogP contribution in [0.2, 0.25) is 0 Å². The molecule has 8 heteroatoms. The zero-order valence-corrected chi connectivity index (χ0v) is 18.4. The van der Waals surface area contributed by atoms with Crippen molar-refractivity contribution >= 4 is 33.7 Å². The van der Waals surface area contributed by atoms with Gasteiger partial charge < -0.3 is 19.3 Å². The van der Waals surface area contributed by atoms with E-state index in [9.17, 15) is 14.4 Å². The zero-order valence-electron chi connectivity index (χ0n) is 16.8. The quantitative estimate of drug-likeness (QED) is 0.637. The summed E-state index contributed by atoms with van der Waals surface area (Å²) in [7, 11) is 0. The Bertz CT molecular complexity index is 736. The smallest absolute Gasteiger partial charge is 0.309 e. The van der Waals surface area contributed by atoms with Crippen LogP contribution in [0.4, 0.5) is 0 Å². The second-order valence-electron chi connectivity index (χ2n) is 7.74. The highest BCUT2D eigenvalue weighted by atomic mass is 79.9. The van der Waals surface area contributed by atoms with Crippen LogP contribution in [0.5, 0.6) is 0 Å². The third kappa shape index (κ3) is 5.79. The molecule has 0 aliphatic carbocycles. The van der Waals surface area contributed by atoms with E-state index in [4.69, 9.17) is 9.47 Å². The van der Waals surface area contributed by atoms with Crippen molar-refractivity contribution in [3.05, 3.63) is 34.3 Å². The second-order valence-corrected chi connectivity index (χ2v) is 8.65. The summed E-state index contributed by atoms with van der Waals surface area (Å²) in [5.74, 6) is -0.860. The Morgan fingerprint density at radius 3 is 2.21 bits per heavy atom. The van der Waals surface area contributed by atoms with Crippen molar-refractivity contribution in [1.29, 1.82) is 0 Å². The summed E-state index contributed by atoms with van der Waals surface area (Å²) < 4.78 is 11.8. The van der Waals surface area contributed by atoms with Gasteiger partial charge in [-0.15, -0.1) is 0 Å². The fourth-order valence-electron chi connectivity index (χ4n) is 3.82. The highest BCUT2D eigenvalue weighted by molar-refractivity contribution is 9.10. The molecule has 0 saturated carbocycles. The standard InChI is InChI=1S/C21H27BrN2O5/c1-14-11-24(12-15(2)29-14)19(25)13-28-21(27)17-7-9-23(10-8-17)20(26)16-3-5-18(22)6-4-16/h3-6,14-15,17H,7-13H2,1-2H3/t14-,15-/m1/s1. The Hall–Kier alpha value is -1.93. The lowest BCUT2D eigenvalue weighted by Gasteiger charge is -2.35. The maximum absolute atomic E-state index is 12.6. The molecule has 2 aliphatic heterocycles. The zero-order chi connectivity index (χ0) is 21.0.